The van der Waals surface area contributed by atoms with Crippen LogP contribution in [-0.2, 0) is 24.0 Å². The largest absolute Gasteiger partial charge is 0.487 e. The molecule has 0 spiro atoms. The number of carbonyl (C=O) groups is 1. The van der Waals surface area contributed by atoms with Gasteiger partial charge in [0.05, 0.1) is 17.9 Å². The third-order valence-electron chi connectivity index (χ3n) is 14.9. The molecule has 3 aromatic heterocycles. The SMILES string of the molecule is N=C(N)CNC(=O)c1ccc([C@]2(c3ccc(OCc4ccccn4)cc3)CC3CCC2C3)cc1.Nc1n[nH]c(-c2ccc([C@]3(c4ccc(OCc5ccccn5)cc4)CC4CCC3C4)cc2)n1. The molecular weight excluding hydrogens is 835 g/mol. The van der Waals surface area contributed by atoms with Crippen molar-refractivity contribution in [3.05, 3.63) is 185 Å². The number of nitrogen functional groups attached to an aromatic ring is 1. The minimum absolute atomic E-state index is 0.0309. The van der Waals surface area contributed by atoms with Crippen LogP contribution < -0.4 is 26.3 Å². The maximum Gasteiger partial charge on any atom is 0.251 e. The van der Waals surface area contributed by atoms with E-state index in [0.717, 1.165) is 46.7 Å². The Morgan fingerprint density at radius 3 is 1.52 bits per heavy atom. The summed E-state index contributed by atoms with van der Waals surface area (Å²) in [5.74, 6) is 5.26. The van der Waals surface area contributed by atoms with Crippen molar-refractivity contribution in [3.8, 4) is 22.9 Å². The zero-order chi connectivity index (χ0) is 45.8. The Hall–Kier alpha value is -7.34. The number of nitrogens with zero attached hydrogens (tertiary/aromatic N) is 4. The number of ether oxygens (including phenoxy) is 2. The van der Waals surface area contributed by atoms with E-state index in [-0.39, 0.29) is 35.1 Å². The van der Waals surface area contributed by atoms with Gasteiger partial charge in [0.2, 0.25) is 5.95 Å². The van der Waals surface area contributed by atoms with Crippen molar-refractivity contribution < 1.29 is 14.3 Å². The molecular formula is C55H57N9O3. The van der Waals surface area contributed by atoms with Crippen molar-refractivity contribution in [2.24, 2.45) is 29.4 Å². The molecule has 4 unspecified atom stereocenters. The number of H-pyrrole nitrogens is 1. The lowest BCUT2D eigenvalue weighted by Gasteiger charge is -2.39. The number of rotatable bonds is 14. The minimum atomic E-state index is -0.210. The van der Waals surface area contributed by atoms with Crippen LogP contribution in [0.5, 0.6) is 11.5 Å². The molecule has 0 aliphatic heterocycles. The Bertz CT molecular complexity index is 2780. The number of nitrogens with one attached hydrogen (secondary N) is 3. The first-order valence-electron chi connectivity index (χ1n) is 23.5. The first-order chi connectivity index (χ1) is 32.7. The standard InChI is InChI=1S/C28H30N4O2.C27H27N5O/c29-26(30)17-32-27(33)20-5-8-21(9-6-20)28(16-19-4-7-23(28)15-19)22-10-12-25(13-11-22)34-18-24-3-1-2-14-31-24;28-26-30-25(31-32-26)19-5-8-20(9-6-19)27(16-18-4-7-22(27)15-18)21-10-12-24(13-11-21)33-17-23-3-1-2-14-29-23/h1-3,5-6,8-14,19,23H,4,7,15-18H2,(H3,29,30)(H,32,33);1-3,5-6,8-14,18,22H,4,7,15-17H2,(H3,28,30,31,32)/t19?,23?,28-;18?,22?,27-/m00/s1. The van der Waals surface area contributed by atoms with E-state index in [1.807, 2.05) is 48.5 Å². The summed E-state index contributed by atoms with van der Waals surface area (Å²) in [6, 6.07) is 45.8. The molecule has 4 aliphatic carbocycles. The quantitative estimate of drug-likeness (QED) is 0.0523. The van der Waals surface area contributed by atoms with Crippen LogP contribution in [0.3, 0.4) is 0 Å². The van der Waals surface area contributed by atoms with Crippen LogP contribution >= 0.6 is 0 Å². The minimum Gasteiger partial charge on any atom is -0.487 e. The highest BCUT2D eigenvalue weighted by Gasteiger charge is 2.54. The number of pyridine rings is 2. The second kappa shape index (κ2) is 18.9. The summed E-state index contributed by atoms with van der Waals surface area (Å²) in [5, 5.41) is 16.8. The Labute approximate surface area is 391 Å². The van der Waals surface area contributed by atoms with E-state index < -0.39 is 0 Å². The van der Waals surface area contributed by atoms with Crippen LogP contribution in [0, 0.1) is 29.1 Å². The molecule has 4 fully saturated rings. The van der Waals surface area contributed by atoms with Gasteiger partial charge in [-0.05, 0) is 145 Å². The molecule has 7 aromatic rings. The van der Waals surface area contributed by atoms with Gasteiger partial charge in [-0.2, -0.15) is 4.98 Å². The summed E-state index contributed by atoms with van der Waals surface area (Å²) in [6.45, 7) is 0.982. The smallest absolute Gasteiger partial charge is 0.251 e. The number of aromatic amines is 1. The number of amides is 1. The summed E-state index contributed by atoms with van der Waals surface area (Å²) in [4.78, 5) is 25.3. The lowest BCUT2D eigenvalue weighted by atomic mass is 9.64. The molecule has 1 amide bonds. The lowest BCUT2D eigenvalue weighted by Crippen LogP contribution is -2.34. The molecule has 0 saturated heterocycles. The maximum absolute atomic E-state index is 12.4. The monoisotopic (exact) mass is 891 g/mol. The Kier molecular flexibility index (Phi) is 12.3. The second-order valence-corrected chi connectivity index (χ2v) is 18.8. The van der Waals surface area contributed by atoms with Crippen molar-refractivity contribution in [1.82, 2.24) is 30.5 Å². The van der Waals surface area contributed by atoms with Crippen molar-refractivity contribution in [2.75, 3.05) is 12.3 Å². The zero-order valence-corrected chi connectivity index (χ0v) is 37.6. The third kappa shape index (κ3) is 9.00. The van der Waals surface area contributed by atoms with E-state index in [1.165, 1.54) is 67.2 Å². The molecule has 7 N–H and O–H groups in total. The van der Waals surface area contributed by atoms with E-state index in [0.29, 0.717) is 36.4 Å². The average molecular weight is 892 g/mol. The number of benzene rings is 4. The van der Waals surface area contributed by atoms with E-state index in [1.54, 1.807) is 12.4 Å². The number of fused-ring (bicyclic) bond motifs is 4. The average Bonchev–Trinajstić information content (AvgIpc) is 4.25. The molecule has 12 heteroatoms. The van der Waals surface area contributed by atoms with Crippen molar-refractivity contribution >= 4 is 17.7 Å². The predicted molar refractivity (Wildman–Crippen MR) is 259 cm³/mol. The van der Waals surface area contributed by atoms with Crippen LogP contribution in [0.15, 0.2) is 146 Å². The van der Waals surface area contributed by atoms with Crippen molar-refractivity contribution in [1.29, 1.82) is 5.41 Å². The van der Waals surface area contributed by atoms with Crippen LogP contribution in [0.2, 0.25) is 0 Å². The van der Waals surface area contributed by atoms with Gasteiger partial charge in [-0.15, -0.1) is 5.10 Å². The highest BCUT2D eigenvalue weighted by Crippen LogP contribution is 2.61. The van der Waals surface area contributed by atoms with Crippen LogP contribution in [0.25, 0.3) is 11.4 Å². The summed E-state index contributed by atoms with van der Waals surface area (Å²) < 4.78 is 11.9. The highest BCUT2D eigenvalue weighted by atomic mass is 16.5. The topological polar surface area (TPSA) is 191 Å². The summed E-state index contributed by atoms with van der Waals surface area (Å²) in [5.41, 5.74) is 19.8. The molecule has 3 heterocycles. The van der Waals surface area contributed by atoms with Crippen LogP contribution in [0.4, 0.5) is 5.95 Å². The maximum atomic E-state index is 12.4. The van der Waals surface area contributed by atoms with E-state index in [2.05, 4.69) is 115 Å². The van der Waals surface area contributed by atoms with Crippen molar-refractivity contribution in [2.45, 2.75) is 75.4 Å². The molecule has 4 saturated carbocycles. The predicted octanol–water partition coefficient (Wildman–Crippen LogP) is 9.57. The first-order valence-corrected chi connectivity index (χ1v) is 23.5. The number of aromatic nitrogens is 5. The zero-order valence-electron chi connectivity index (χ0n) is 37.6. The normalized spacial score (nSPS) is 23.3. The van der Waals surface area contributed by atoms with Gasteiger partial charge < -0.3 is 26.3 Å². The van der Waals surface area contributed by atoms with Gasteiger partial charge in [0.25, 0.3) is 5.91 Å². The van der Waals surface area contributed by atoms with Crippen LogP contribution in [0.1, 0.15) is 95.4 Å². The molecule has 340 valence electrons. The van der Waals surface area contributed by atoms with Gasteiger partial charge in [0, 0.05) is 34.4 Å². The molecule has 11 rings (SSSR count). The van der Waals surface area contributed by atoms with Gasteiger partial charge in [0.15, 0.2) is 5.82 Å². The van der Waals surface area contributed by atoms with Crippen LogP contribution in [-0.4, -0.2) is 43.4 Å². The number of hydrogen-bond acceptors (Lipinski definition) is 9. The number of amidine groups is 1. The van der Waals surface area contributed by atoms with E-state index >= 15 is 0 Å². The first kappa shape index (κ1) is 43.5. The molecule has 4 bridgehead atoms. The number of hydrogen-bond donors (Lipinski definition) is 5. The van der Waals surface area contributed by atoms with Gasteiger partial charge >= 0.3 is 0 Å². The summed E-state index contributed by atoms with van der Waals surface area (Å²) in [7, 11) is 0. The van der Waals surface area contributed by atoms with Gasteiger partial charge in [-0.1, -0.05) is 85.6 Å². The van der Waals surface area contributed by atoms with Gasteiger partial charge in [-0.25, -0.2) is 0 Å². The third-order valence-corrected chi connectivity index (χ3v) is 14.9. The summed E-state index contributed by atoms with van der Waals surface area (Å²) in [6.07, 6.45) is 13.7. The fourth-order valence-corrected chi connectivity index (χ4v) is 11.9. The fourth-order valence-electron chi connectivity index (χ4n) is 11.9. The summed E-state index contributed by atoms with van der Waals surface area (Å²) >= 11 is 0. The Morgan fingerprint density at radius 1 is 0.657 bits per heavy atom. The number of anilines is 1. The van der Waals surface area contributed by atoms with Gasteiger partial charge in [-0.3, -0.25) is 25.3 Å². The van der Waals surface area contributed by atoms with E-state index in [4.69, 9.17) is 26.4 Å². The Morgan fingerprint density at radius 2 is 1.13 bits per heavy atom. The second-order valence-electron chi connectivity index (χ2n) is 18.8. The van der Waals surface area contributed by atoms with Crippen molar-refractivity contribution in [3.63, 3.8) is 0 Å². The Balaban J connectivity index is 0.000000157. The molecule has 12 nitrogen and oxygen atoms in total. The lowest BCUT2D eigenvalue weighted by molar-refractivity contribution is 0.0959. The molecule has 0 radical (unpaired) electrons. The van der Waals surface area contributed by atoms with Gasteiger partial charge in [0.1, 0.15) is 30.5 Å². The molecule has 4 aliphatic rings. The molecule has 6 atom stereocenters. The number of nitrogens with two attached hydrogens (primary N) is 2. The fraction of sp³-hybridized carbons (Fsp3) is 0.309. The molecule has 67 heavy (non-hydrogen) atoms. The van der Waals surface area contributed by atoms with E-state index in [9.17, 15) is 4.79 Å². The number of carbonyl (C=O) groups excluding carboxylic acids is 1. The highest BCUT2D eigenvalue weighted by molar-refractivity contribution is 5.96. The molecule has 4 aromatic carbocycles.